The number of aromatic nitrogens is 1. The van der Waals surface area contributed by atoms with Gasteiger partial charge in [-0.2, -0.15) is 0 Å². The summed E-state index contributed by atoms with van der Waals surface area (Å²) >= 11 is 0. The minimum absolute atomic E-state index is 0.207. The van der Waals surface area contributed by atoms with Gasteiger partial charge in [-0.3, -0.25) is 4.79 Å². The average Bonchev–Trinajstić information content (AvgIpc) is 2.61. The molecule has 0 aliphatic heterocycles. The molecular formula is C10H15NO2. The Kier molecular flexibility index (Phi) is 3.71. The van der Waals surface area contributed by atoms with Gasteiger partial charge in [-0.25, -0.2) is 0 Å². The summed E-state index contributed by atoms with van der Waals surface area (Å²) in [5, 5.41) is 8.69. The first-order chi connectivity index (χ1) is 6.29. The van der Waals surface area contributed by atoms with E-state index in [1.807, 2.05) is 16.8 Å². The Balaban J connectivity index is 2.71. The zero-order valence-electron chi connectivity index (χ0n) is 7.86. The van der Waals surface area contributed by atoms with Gasteiger partial charge >= 0.3 is 0 Å². The molecule has 0 spiro atoms. The number of aliphatic hydroxyl groups excluding tert-OH is 1. The summed E-state index contributed by atoms with van der Waals surface area (Å²) in [6.45, 7) is 2.55. The molecule has 0 unspecified atom stereocenters. The van der Waals surface area contributed by atoms with E-state index in [1.165, 1.54) is 0 Å². The first-order valence-electron chi connectivity index (χ1n) is 4.58. The maximum Gasteiger partial charge on any atom is 0.204 e. The van der Waals surface area contributed by atoms with Crippen LogP contribution in [0.2, 0.25) is 0 Å². The van der Waals surface area contributed by atoms with Crippen LogP contribution in [0.4, 0.5) is 0 Å². The third-order valence-corrected chi connectivity index (χ3v) is 2.01. The van der Waals surface area contributed by atoms with Crippen molar-refractivity contribution in [1.29, 1.82) is 0 Å². The van der Waals surface area contributed by atoms with Crippen molar-refractivity contribution < 1.29 is 9.90 Å². The average molecular weight is 181 g/mol. The number of Topliss-reactive ketones (excluding diaryl/α,β-unsaturated/α-hetero) is 1. The third kappa shape index (κ3) is 2.42. The van der Waals surface area contributed by atoms with Gasteiger partial charge in [0, 0.05) is 12.7 Å². The van der Waals surface area contributed by atoms with Crippen molar-refractivity contribution in [2.45, 2.75) is 26.3 Å². The fourth-order valence-corrected chi connectivity index (χ4v) is 1.27. The SMILES string of the molecule is CCCCn1cccc1C(=O)CO. The number of carbonyl (C=O) groups is 1. The largest absolute Gasteiger partial charge is 0.388 e. The molecule has 0 atom stereocenters. The van der Waals surface area contributed by atoms with Crippen molar-refractivity contribution in [3.05, 3.63) is 24.0 Å². The van der Waals surface area contributed by atoms with Gasteiger partial charge in [0.2, 0.25) is 5.78 Å². The lowest BCUT2D eigenvalue weighted by Gasteiger charge is -2.05. The minimum Gasteiger partial charge on any atom is -0.388 e. The molecule has 3 nitrogen and oxygen atoms in total. The number of ketones is 1. The van der Waals surface area contributed by atoms with E-state index in [-0.39, 0.29) is 5.78 Å². The molecule has 1 aromatic rings. The fraction of sp³-hybridized carbons (Fsp3) is 0.500. The second-order valence-electron chi connectivity index (χ2n) is 3.02. The van der Waals surface area contributed by atoms with Gasteiger partial charge < -0.3 is 9.67 Å². The molecule has 1 aromatic heterocycles. The number of hydrogen-bond donors (Lipinski definition) is 1. The second kappa shape index (κ2) is 4.82. The van der Waals surface area contributed by atoms with E-state index in [1.54, 1.807) is 6.07 Å². The lowest BCUT2D eigenvalue weighted by atomic mass is 10.3. The van der Waals surface area contributed by atoms with Gasteiger partial charge in [0.05, 0.1) is 5.69 Å². The highest BCUT2D eigenvalue weighted by Crippen LogP contribution is 2.05. The topological polar surface area (TPSA) is 42.2 Å². The zero-order chi connectivity index (χ0) is 9.68. The van der Waals surface area contributed by atoms with Crippen LogP contribution in [0.3, 0.4) is 0 Å². The van der Waals surface area contributed by atoms with Crippen LogP contribution in [0.15, 0.2) is 18.3 Å². The number of unbranched alkanes of at least 4 members (excludes halogenated alkanes) is 1. The Bertz CT molecular complexity index is 278. The fourth-order valence-electron chi connectivity index (χ4n) is 1.27. The summed E-state index contributed by atoms with van der Waals surface area (Å²) in [4.78, 5) is 11.2. The van der Waals surface area contributed by atoms with Crippen LogP contribution in [-0.4, -0.2) is 22.1 Å². The van der Waals surface area contributed by atoms with Crippen molar-refractivity contribution >= 4 is 5.78 Å². The van der Waals surface area contributed by atoms with Crippen molar-refractivity contribution in [3.63, 3.8) is 0 Å². The van der Waals surface area contributed by atoms with E-state index < -0.39 is 6.61 Å². The molecule has 0 amide bonds. The summed E-state index contributed by atoms with van der Waals surface area (Å²) in [5.41, 5.74) is 0.607. The lowest BCUT2D eigenvalue weighted by molar-refractivity contribution is 0.0894. The minimum atomic E-state index is -0.407. The van der Waals surface area contributed by atoms with Crippen molar-refractivity contribution in [3.8, 4) is 0 Å². The normalized spacial score (nSPS) is 10.3. The molecule has 3 heteroatoms. The first-order valence-corrected chi connectivity index (χ1v) is 4.58. The van der Waals surface area contributed by atoms with Gasteiger partial charge in [0.25, 0.3) is 0 Å². The summed E-state index contributed by atoms with van der Waals surface area (Å²) in [7, 11) is 0. The highest BCUT2D eigenvalue weighted by atomic mass is 16.3. The van der Waals surface area contributed by atoms with E-state index in [9.17, 15) is 4.79 Å². The van der Waals surface area contributed by atoms with Crippen molar-refractivity contribution in [2.75, 3.05) is 6.61 Å². The number of rotatable bonds is 5. The predicted molar refractivity (Wildman–Crippen MR) is 50.8 cm³/mol. The molecule has 0 saturated carbocycles. The van der Waals surface area contributed by atoms with Crippen LogP contribution >= 0.6 is 0 Å². The molecule has 0 aliphatic rings. The van der Waals surface area contributed by atoms with E-state index in [4.69, 9.17) is 5.11 Å². The predicted octanol–water partition coefficient (Wildman–Crippen LogP) is 1.46. The van der Waals surface area contributed by atoms with Gasteiger partial charge in [-0.05, 0) is 18.6 Å². The zero-order valence-corrected chi connectivity index (χ0v) is 7.86. The van der Waals surface area contributed by atoms with Gasteiger partial charge in [-0.1, -0.05) is 13.3 Å². The Morgan fingerprint density at radius 1 is 1.62 bits per heavy atom. The monoisotopic (exact) mass is 181 g/mol. The molecule has 0 saturated heterocycles. The molecule has 0 fully saturated rings. The summed E-state index contributed by atoms with van der Waals surface area (Å²) in [6.07, 6.45) is 4.03. The Hall–Kier alpha value is -1.09. The number of carbonyl (C=O) groups excluding carboxylic acids is 1. The number of aryl methyl sites for hydroxylation is 1. The summed E-state index contributed by atoms with van der Waals surface area (Å²) < 4.78 is 1.89. The van der Waals surface area contributed by atoms with E-state index in [0.29, 0.717) is 5.69 Å². The number of hydrogen-bond acceptors (Lipinski definition) is 2. The van der Waals surface area contributed by atoms with E-state index in [0.717, 1.165) is 19.4 Å². The number of nitrogens with zero attached hydrogens (tertiary/aromatic N) is 1. The Labute approximate surface area is 78.0 Å². The first kappa shape index (κ1) is 9.99. The maximum atomic E-state index is 11.2. The van der Waals surface area contributed by atoms with E-state index >= 15 is 0 Å². The van der Waals surface area contributed by atoms with Crippen LogP contribution in [0.1, 0.15) is 30.3 Å². The molecular weight excluding hydrogens is 166 g/mol. The quantitative estimate of drug-likeness (QED) is 0.699. The third-order valence-electron chi connectivity index (χ3n) is 2.01. The molecule has 1 rings (SSSR count). The number of aliphatic hydroxyl groups is 1. The highest BCUT2D eigenvalue weighted by molar-refractivity contribution is 5.95. The second-order valence-corrected chi connectivity index (χ2v) is 3.02. The van der Waals surface area contributed by atoms with Gasteiger partial charge in [-0.15, -0.1) is 0 Å². The molecule has 1 heterocycles. The molecule has 1 N–H and O–H groups in total. The van der Waals surface area contributed by atoms with Crippen LogP contribution in [0, 0.1) is 0 Å². The van der Waals surface area contributed by atoms with Crippen LogP contribution in [-0.2, 0) is 6.54 Å². The highest BCUT2D eigenvalue weighted by Gasteiger charge is 2.08. The maximum absolute atomic E-state index is 11.2. The van der Waals surface area contributed by atoms with Crippen molar-refractivity contribution in [2.24, 2.45) is 0 Å². The Morgan fingerprint density at radius 3 is 3.00 bits per heavy atom. The smallest absolute Gasteiger partial charge is 0.204 e. The summed E-state index contributed by atoms with van der Waals surface area (Å²) in [6, 6.07) is 3.58. The molecule has 0 bridgehead atoms. The van der Waals surface area contributed by atoms with Crippen LogP contribution in [0.25, 0.3) is 0 Å². The van der Waals surface area contributed by atoms with Crippen LogP contribution < -0.4 is 0 Å². The molecule has 72 valence electrons. The standard InChI is InChI=1S/C10H15NO2/c1-2-3-6-11-7-4-5-9(11)10(13)8-12/h4-5,7,12H,2-3,6,8H2,1H3. The molecule has 0 aromatic carbocycles. The van der Waals surface area contributed by atoms with E-state index in [2.05, 4.69) is 6.92 Å². The van der Waals surface area contributed by atoms with Gasteiger partial charge in [0.1, 0.15) is 6.61 Å². The van der Waals surface area contributed by atoms with Crippen molar-refractivity contribution in [1.82, 2.24) is 4.57 Å². The molecule has 0 aliphatic carbocycles. The van der Waals surface area contributed by atoms with Crippen LogP contribution in [0.5, 0.6) is 0 Å². The Morgan fingerprint density at radius 2 is 2.38 bits per heavy atom. The lowest BCUT2D eigenvalue weighted by Crippen LogP contribution is -2.11. The summed E-state index contributed by atoms with van der Waals surface area (Å²) in [5.74, 6) is -0.207. The molecule has 13 heavy (non-hydrogen) atoms. The van der Waals surface area contributed by atoms with Gasteiger partial charge in [0.15, 0.2) is 0 Å². The molecule has 0 radical (unpaired) electrons.